The van der Waals surface area contributed by atoms with E-state index in [4.69, 9.17) is 14.6 Å². The number of carboxylic acid groups (broad SMARTS) is 1. The Hall–Kier alpha value is -2.08. The monoisotopic (exact) mass is 281 g/mol. The van der Waals surface area contributed by atoms with E-state index in [1.54, 1.807) is 31.4 Å². The quantitative estimate of drug-likeness (QED) is 0.702. The van der Waals surface area contributed by atoms with E-state index in [1.807, 2.05) is 0 Å². The Morgan fingerprint density at radius 1 is 1.35 bits per heavy atom. The molecule has 0 fully saturated rings. The van der Waals surface area contributed by atoms with Gasteiger partial charge in [0.1, 0.15) is 11.8 Å². The van der Waals surface area contributed by atoms with Crippen molar-refractivity contribution >= 4 is 11.9 Å². The van der Waals surface area contributed by atoms with E-state index in [0.717, 1.165) is 6.42 Å². The van der Waals surface area contributed by atoms with Crippen LogP contribution in [0.4, 0.5) is 0 Å². The molecule has 0 aliphatic rings. The van der Waals surface area contributed by atoms with E-state index in [1.165, 1.54) is 6.92 Å². The summed E-state index contributed by atoms with van der Waals surface area (Å²) >= 11 is 0. The van der Waals surface area contributed by atoms with Crippen molar-refractivity contribution in [2.45, 2.75) is 19.4 Å². The lowest BCUT2D eigenvalue weighted by Gasteiger charge is -2.10. The number of aliphatic carboxylic acids is 1. The molecule has 20 heavy (non-hydrogen) atoms. The van der Waals surface area contributed by atoms with Gasteiger partial charge in [-0.25, -0.2) is 0 Å². The fourth-order valence-corrected chi connectivity index (χ4v) is 1.46. The first-order chi connectivity index (χ1) is 9.54. The Morgan fingerprint density at radius 2 is 2.10 bits per heavy atom. The summed E-state index contributed by atoms with van der Waals surface area (Å²) in [5.74, 6) is -0.954. The molecule has 0 unspecified atom stereocenters. The zero-order chi connectivity index (χ0) is 15.0. The predicted molar refractivity (Wildman–Crippen MR) is 73.0 cm³/mol. The van der Waals surface area contributed by atoms with E-state index < -0.39 is 17.9 Å². The summed E-state index contributed by atoms with van der Waals surface area (Å²) < 4.78 is 10.4. The Bertz CT molecular complexity index is 461. The number of carbonyl (C=O) groups excluding carboxylic acids is 1. The first-order valence-corrected chi connectivity index (χ1v) is 6.30. The summed E-state index contributed by atoms with van der Waals surface area (Å²) in [6.45, 7) is 2.51. The van der Waals surface area contributed by atoms with Crippen molar-refractivity contribution in [3.05, 3.63) is 29.8 Å². The third-order valence-electron chi connectivity index (χ3n) is 2.58. The van der Waals surface area contributed by atoms with Crippen LogP contribution in [0.25, 0.3) is 0 Å². The molecule has 0 heterocycles. The van der Waals surface area contributed by atoms with Gasteiger partial charge in [0.15, 0.2) is 0 Å². The lowest BCUT2D eigenvalue weighted by molar-refractivity contribution is -0.138. The van der Waals surface area contributed by atoms with Crippen LogP contribution < -0.4 is 10.1 Å². The summed E-state index contributed by atoms with van der Waals surface area (Å²) in [6, 6.07) is 5.67. The van der Waals surface area contributed by atoms with Gasteiger partial charge in [-0.2, -0.15) is 0 Å². The lowest BCUT2D eigenvalue weighted by atomic mass is 10.2. The van der Waals surface area contributed by atoms with Crippen LogP contribution in [0.5, 0.6) is 5.75 Å². The second kappa shape index (κ2) is 8.16. The van der Waals surface area contributed by atoms with Crippen LogP contribution in [0, 0.1) is 0 Å². The van der Waals surface area contributed by atoms with Gasteiger partial charge in [0.25, 0.3) is 5.91 Å². The molecule has 1 amide bonds. The normalized spacial score (nSPS) is 11.7. The molecule has 1 rings (SSSR count). The highest BCUT2D eigenvalue weighted by molar-refractivity contribution is 5.96. The maximum absolute atomic E-state index is 11.8. The van der Waals surface area contributed by atoms with Crippen LogP contribution in [-0.2, 0) is 9.53 Å². The molecule has 0 aliphatic heterocycles. The van der Waals surface area contributed by atoms with Gasteiger partial charge in [-0.05, 0) is 25.1 Å². The number of nitrogens with one attached hydrogen (secondary N) is 1. The van der Waals surface area contributed by atoms with Crippen LogP contribution in [0.2, 0.25) is 0 Å². The van der Waals surface area contributed by atoms with E-state index in [0.29, 0.717) is 24.5 Å². The zero-order valence-electron chi connectivity index (χ0n) is 11.6. The van der Waals surface area contributed by atoms with Gasteiger partial charge in [-0.1, -0.05) is 6.07 Å². The maximum Gasteiger partial charge on any atom is 0.325 e. The molecule has 0 bridgehead atoms. The standard InChI is InChI=1S/C14H19NO5/c1-10(14(17)18)15-13(16)11-5-3-6-12(9-11)20-8-4-7-19-2/h3,5-6,9-10H,4,7-8H2,1-2H3,(H,15,16)(H,17,18)/t10-/m1/s1. The second-order valence-corrected chi connectivity index (χ2v) is 4.26. The maximum atomic E-state index is 11.8. The molecule has 6 nitrogen and oxygen atoms in total. The average molecular weight is 281 g/mol. The molecule has 0 aliphatic carbocycles. The Balaban J connectivity index is 2.58. The fourth-order valence-electron chi connectivity index (χ4n) is 1.46. The number of rotatable bonds is 8. The van der Waals surface area contributed by atoms with Crippen molar-refractivity contribution < 1.29 is 24.2 Å². The van der Waals surface area contributed by atoms with Crippen LogP contribution in [0.1, 0.15) is 23.7 Å². The second-order valence-electron chi connectivity index (χ2n) is 4.26. The number of amides is 1. The molecule has 1 aromatic carbocycles. The SMILES string of the molecule is COCCCOc1cccc(C(=O)N[C@H](C)C(=O)O)c1. The first-order valence-electron chi connectivity index (χ1n) is 6.30. The molecule has 6 heteroatoms. The van der Waals surface area contributed by atoms with Crippen LogP contribution in [-0.4, -0.2) is 43.3 Å². The third-order valence-corrected chi connectivity index (χ3v) is 2.58. The molecule has 0 spiro atoms. The molecule has 2 N–H and O–H groups in total. The first kappa shape index (κ1) is 16.0. The fraction of sp³-hybridized carbons (Fsp3) is 0.429. The topological polar surface area (TPSA) is 84.9 Å². The Morgan fingerprint density at radius 3 is 2.75 bits per heavy atom. The van der Waals surface area contributed by atoms with Gasteiger partial charge in [0, 0.05) is 25.7 Å². The van der Waals surface area contributed by atoms with E-state index in [9.17, 15) is 9.59 Å². The van der Waals surface area contributed by atoms with Crippen LogP contribution in [0.15, 0.2) is 24.3 Å². The molecule has 1 aromatic rings. The van der Waals surface area contributed by atoms with Crippen molar-refractivity contribution in [3.63, 3.8) is 0 Å². The van der Waals surface area contributed by atoms with Gasteiger partial charge in [0.2, 0.25) is 0 Å². The van der Waals surface area contributed by atoms with Crippen LogP contribution in [0.3, 0.4) is 0 Å². The van der Waals surface area contributed by atoms with Crippen molar-refractivity contribution in [2.75, 3.05) is 20.3 Å². The summed E-state index contributed by atoms with van der Waals surface area (Å²) in [5, 5.41) is 11.1. The van der Waals surface area contributed by atoms with E-state index in [2.05, 4.69) is 5.32 Å². The number of benzene rings is 1. The molecule has 0 radical (unpaired) electrons. The molecule has 110 valence electrons. The van der Waals surface area contributed by atoms with Crippen molar-refractivity contribution in [2.24, 2.45) is 0 Å². The minimum absolute atomic E-state index is 0.363. The minimum Gasteiger partial charge on any atom is -0.493 e. The molecule has 0 saturated carbocycles. The molecular weight excluding hydrogens is 262 g/mol. The van der Waals surface area contributed by atoms with Crippen LogP contribution >= 0.6 is 0 Å². The van der Waals surface area contributed by atoms with Crippen molar-refractivity contribution in [3.8, 4) is 5.75 Å². The molecular formula is C14H19NO5. The summed E-state index contributed by atoms with van der Waals surface area (Å²) in [5.41, 5.74) is 0.363. The molecule has 0 aromatic heterocycles. The summed E-state index contributed by atoms with van der Waals surface area (Å²) in [4.78, 5) is 22.5. The molecule has 1 atom stereocenters. The number of hydrogen-bond acceptors (Lipinski definition) is 4. The number of ether oxygens (including phenoxy) is 2. The van der Waals surface area contributed by atoms with Gasteiger partial charge >= 0.3 is 5.97 Å². The molecule has 0 saturated heterocycles. The lowest BCUT2D eigenvalue weighted by Crippen LogP contribution is -2.38. The number of hydrogen-bond donors (Lipinski definition) is 2. The average Bonchev–Trinajstić information content (AvgIpc) is 2.43. The number of methoxy groups -OCH3 is 1. The minimum atomic E-state index is -1.08. The van der Waals surface area contributed by atoms with Crippen molar-refractivity contribution in [1.82, 2.24) is 5.32 Å². The predicted octanol–water partition coefficient (Wildman–Crippen LogP) is 1.30. The highest BCUT2D eigenvalue weighted by Crippen LogP contribution is 2.13. The largest absolute Gasteiger partial charge is 0.493 e. The summed E-state index contributed by atoms with van der Waals surface area (Å²) in [7, 11) is 1.62. The van der Waals surface area contributed by atoms with Crippen molar-refractivity contribution in [1.29, 1.82) is 0 Å². The smallest absolute Gasteiger partial charge is 0.325 e. The Labute approximate surface area is 117 Å². The van der Waals surface area contributed by atoms with Gasteiger partial charge in [0.05, 0.1) is 6.61 Å². The van der Waals surface area contributed by atoms with Gasteiger partial charge in [-0.3, -0.25) is 9.59 Å². The van der Waals surface area contributed by atoms with Gasteiger partial charge < -0.3 is 19.9 Å². The zero-order valence-corrected chi connectivity index (χ0v) is 11.6. The summed E-state index contributed by atoms with van der Waals surface area (Å²) in [6.07, 6.45) is 0.753. The number of carbonyl (C=O) groups is 2. The van der Waals surface area contributed by atoms with Gasteiger partial charge in [-0.15, -0.1) is 0 Å². The highest BCUT2D eigenvalue weighted by Gasteiger charge is 2.15. The van der Waals surface area contributed by atoms with E-state index >= 15 is 0 Å². The number of carboxylic acids is 1. The Kier molecular flexibility index (Phi) is 6.52. The third kappa shape index (κ3) is 5.27. The van der Waals surface area contributed by atoms with E-state index in [-0.39, 0.29) is 0 Å². The highest BCUT2D eigenvalue weighted by atomic mass is 16.5.